The highest BCUT2D eigenvalue weighted by Gasteiger charge is 2.23. The molecule has 0 bridgehead atoms. The molecular weight excluding hydrogens is 264 g/mol. The molecular formula is C17H26N2O2. The number of ether oxygens (including phenoxy) is 1. The molecule has 1 aromatic rings. The van der Waals surface area contributed by atoms with Gasteiger partial charge in [0, 0.05) is 18.8 Å². The van der Waals surface area contributed by atoms with Crippen molar-refractivity contribution in [3.63, 3.8) is 0 Å². The zero-order valence-electron chi connectivity index (χ0n) is 13.1. The molecule has 1 aliphatic rings. The number of benzene rings is 1. The lowest BCUT2D eigenvalue weighted by atomic mass is 10.1. The summed E-state index contributed by atoms with van der Waals surface area (Å²) in [4.78, 5) is 14.4. The van der Waals surface area contributed by atoms with E-state index in [1.165, 1.54) is 11.3 Å². The third-order valence-electron chi connectivity index (χ3n) is 3.88. The highest BCUT2D eigenvalue weighted by Crippen LogP contribution is 2.27. The molecule has 1 atom stereocenters. The topological polar surface area (TPSA) is 41.6 Å². The van der Waals surface area contributed by atoms with Gasteiger partial charge in [0.1, 0.15) is 6.04 Å². The van der Waals surface area contributed by atoms with Gasteiger partial charge in [0.05, 0.1) is 6.61 Å². The van der Waals surface area contributed by atoms with Crippen molar-refractivity contribution in [3.8, 4) is 0 Å². The molecule has 4 nitrogen and oxygen atoms in total. The average Bonchev–Trinajstić information content (AvgIpc) is 2.91. The average molecular weight is 290 g/mol. The lowest BCUT2D eigenvalue weighted by Gasteiger charge is -2.23. The van der Waals surface area contributed by atoms with E-state index in [9.17, 15) is 4.79 Å². The summed E-state index contributed by atoms with van der Waals surface area (Å²) in [6.45, 7) is 7.17. The van der Waals surface area contributed by atoms with Crippen molar-refractivity contribution >= 4 is 11.7 Å². The summed E-state index contributed by atoms with van der Waals surface area (Å²) >= 11 is 0. The highest BCUT2D eigenvalue weighted by molar-refractivity contribution is 5.75. The lowest BCUT2D eigenvalue weighted by Crippen LogP contribution is -2.41. The predicted octanol–water partition coefficient (Wildman–Crippen LogP) is 2.37. The van der Waals surface area contributed by atoms with Crippen LogP contribution < -0.4 is 10.2 Å². The molecule has 1 aromatic carbocycles. The standard InChI is InChI=1S/C17H26N2O2/c1-3-11-18-15(17(20)21-4-2)10-13-19-12-9-14-7-5-6-8-16(14)19/h5-8,15,18H,3-4,9-13H2,1-2H3. The van der Waals surface area contributed by atoms with E-state index in [4.69, 9.17) is 4.74 Å². The van der Waals surface area contributed by atoms with Crippen LogP contribution in [0.5, 0.6) is 0 Å². The van der Waals surface area contributed by atoms with E-state index in [1.807, 2.05) is 6.92 Å². The smallest absolute Gasteiger partial charge is 0.323 e. The first-order valence-corrected chi connectivity index (χ1v) is 7.99. The highest BCUT2D eigenvalue weighted by atomic mass is 16.5. The summed E-state index contributed by atoms with van der Waals surface area (Å²) in [6.07, 6.45) is 2.90. The van der Waals surface area contributed by atoms with Gasteiger partial charge >= 0.3 is 5.97 Å². The van der Waals surface area contributed by atoms with Gasteiger partial charge in [-0.3, -0.25) is 4.79 Å². The van der Waals surface area contributed by atoms with Crippen LogP contribution in [-0.2, 0) is 16.0 Å². The summed E-state index contributed by atoms with van der Waals surface area (Å²) in [5, 5.41) is 3.30. The SMILES string of the molecule is CCCNC(CCN1CCc2ccccc21)C(=O)OCC. The molecule has 116 valence electrons. The molecule has 2 rings (SSSR count). The number of carbonyl (C=O) groups is 1. The Bertz CT molecular complexity index is 462. The summed E-state index contributed by atoms with van der Waals surface area (Å²) in [7, 11) is 0. The van der Waals surface area contributed by atoms with E-state index in [1.54, 1.807) is 0 Å². The van der Waals surface area contributed by atoms with Crippen molar-refractivity contribution < 1.29 is 9.53 Å². The van der Waals surface area contributed by atoms with Crippen LogP contribution in [0.2, 0.25) is 0 Å². The molecule has 0 spiro atoms. The molecule has 0 saturated carbocycles. The maximum absolute atomic E-state index is 12.0. The molecule has 4 heteroatoms. The molecule has 1 heterocycles. The quantitative estimate of drug-likeness (QED) is 0.746. The minimum absolute atomic E-state index is 0.126. The summed E-state index contributed by atoms with van der Waals surface area (Å²) < 4.78 is 5.17. The molecule has 0 aromatic heterocycles. The van der Waals surface area contributed by atoms with Crippen LogP contribution in [0.4, 0.5) is 5.69 Å². The Morgan fingerprint density at radius 1 is 1.38 bits per heavy atom. The summed E-state index contributed by atoms with van der Waals surface area (Å²) in [6, 6.07) is 8.33. The zero-order valence-corrected chi connectivity index (χ0v) is 13.1. The Morgan fingerprint density at radius 2 is 2.19 bits per heavy atom. The third-order valence-corrected chi connectivity index (χ3v) is 3.88. The van der Waals surface area contributed by atoms with Crippen molar-refractivity contribution in [2.45, 2.75) is 39.2 Å². The van der Waals surface area contributed by atoms with E-state index < -0.39 is 0 Å². The Hall–Kier alpha value is -1.55. The second kappa shape index (κ2) is 8.03. The minimum atomic E-state index is -0.197. The molecule has 0 saturated heterocycles. The molecule has 0 aliphatic carbocycles. The first kappa shape index (κ1) is 15.8. The Labute approximate surface area is 127 Å². The molecule has 0 fully saturated rings. The Morgan fingerprint density at radius 3 is 2.95 bits per heavy atom. The van der Waals surface area contributed by atoms with E-state index >= 15 is 0 Å². The predicted molar refractivity (Wildman–Crippen MR) is 85.7 cm³/mol. The zero-order chi connectivity index (χ0) is 15.1. The van der Waals surface area contributed by atoms with E-state index in [0.29, 0.717) is 6.61 Å². The fourth-order valence-corrected chi connectivity index (χ4v) is 2.79. The number of para-hydroxylation sites is 1. The number of esters is 1. The minimum Gasteiger partial charge on any atom is -0.465 e. The molecule has 21 heavy (non-hydrogen) atoms. The molecule has 1 N–H and O–H groups in total. The van der Waals surface area contributed by atoms with E-state index in [0.717, 1.165) is 38.9 Å². The number of anilines is 1. The largest absolute Gasteiger partial charge is 0.465 e. The first-order chi connectivity index (χ1) is 10.3. The van der Waals surface area contributed by atoms with Crippen molar-refractivity contribution in [3.05, 3.63) is 29.8 Å². The van der Waals surface area contributed by atoms with Crippen molar-refractivity contribution in [2.75, 3.05) is 31.1 Å². The van der Waals surface area contributed by atoms with Crippen LogP contribution >= 0.6 is 0 Å². The van der Waals surface area contributed by atoms with E-state index in [2.05, 4.69) is 41.4 Å². The van der Waals surface area contributed by atoms with Gasteiger partial charge in [0.15, 0.2) is 0 Å². The Kier molecular flexibility index (Phi) is 6.05. The fourth-order valence-electron chi connectivity index (χ4n) is 2.79. The van der Waals surface area contributed by atoms with Gasteiger partial charge in [-0.2, -0.15) is 0 Å². The van der Waals surface area contributed by atoms with Crippen LogP contribution in [0.25, 0.3) is 0 Å². The van der Waals surface area contributed by atoms with Gasteiger partial charge in [0.2, 0.25) is 0 Å². The second-order valence-electron chi connectivity index (χ2n) is 5.41. The van der Waals surface area contributed by atoms with Crippen molar-refractivity contribution in [1.82, 2.24) is 5.32 Å². The van der Waals surface area contributed by atoms with Crippen LogP contribution in [0.1, 0.15) is 32.3 Å². The van der Waals surface area contributed by atoms with Gasteiger partial charge in [-0.1, -0.05) is 25.1 Å². The van der Waals surface area contributed by atoms with Crippen LogP contribution in [0.15, 0.2) is 24.3 Å². The summed E-state index contributed by atoms with van der Waals surface area (Å²) in [5.74, 6) is -0.126. The van der Waals surface area contributed by atoms with Crippen molar-refractivity contribution in [1.29, 1.82) is 0 Å². The molecule has 0 radical (unpaired) electrons. The van der Waals surface area contributed by atoms with Crippen LogP contribution in [0.3, 0.4) is 0 Å². The number of fused-ring (bicyclic) bond motifs is 1. The van der Waals surface area contributed by atoms with Gasteiger partial charge < -0.3 is 15.0 Å². The number of hydrogen-bond acceptors (Lipinski definition) is 4. The van der Waals surface area contributed by atoms with Gasteiger partial charge in [-0.15, -0.1) is 0 Å². The van der Waals surface area contributed by atoms with E-state index in [-0.39, 0.29) is 12.0 Å². The van der Waals surface area contributed by atoms with Crippen LogP contribution in [-0.4, -0.2) is 38.3 Å². The monoisotopic (exact) mass is 290 g/mol. The number of nitrogens with one attached hydrogen (secondary N) is 1. The number of hydrogen-bond donors (Lipinski definition) is 1. The van der Waals surface area contributed by atoms with Crippen molar-refractivity contribution in [2.24, 2.45) is 0 Å². The molecule has 0 amide bonds. The second-order valence-corrected chi connectivity index (χ2v) is 5.41. The maximum Gasteiger partial charge on any atom is 0.323 e. The normalized spacial score (nSPS) is 14.9. The van der Waals surface area contributed by atoms with Gasteiger partial charge in [-0.05, 0) is 44.4 Å². The Balaban J connectivity index is 1.91. The van der Waals surface area contributed by atoms with Crippen LogP contribution in [0, 0.1) is 0 Å². The molecule has 1 aliphatic heterocycles. The fraction of sp³-hybridized carbons (Fsp3) is 0.588. The first-order valence-electron chi connectivity index (χ1n) is 7.99. The van der Waals surface area contributed by atoms with Gasteiger partial charge in [0.25, 0.3) is 0 Å². The lowest BCUT2D eigenvalue weighted by molar-refractivity contribution is -0.145. The number of carbonyl (C=O) groups excluding carboxylic acids is 1. The molecule has 1 unspecified atom stereocenters. The maximum atomic E-state index is 12.0. The number of rotatable bonds is 8. The summed E-state index contributed by atoms with van der Waals surface area (Å²) in [5.41, 5.74) is 2.72. The number of nitrogens with zero attached hydrogens (tertiary/aromatic N) is 1. The van der Waals surface area contributed by atoms with Gasteiger partial charge in [-0.25, -0.2) is 0 Å². The third kappa shape index (κ3) is 4.21.